The molecule has 1 aliphatic rings. The van der Waals surface area contributed by atoms with Crippen LogP contribution in [-0.2, 0) is 10.3 Å². The van der Waals surface area contributed by atoms with E-state index in [1.54, 1.807) is 18.2 Å². The molecule has 5 heteroatoms. The van der Waals surface area contributed by atoms with Gasteiger partial charge < -0.3 is 0 Å². The number of benzene rings is 1. The number of rotatable bonds is 3. The van der Waals surface area contributed by atoms with Crippen LogP contribution >= 0.6 is 15.9 Å². The van der Waals surface area contributed by atoms with Gasteiger partial charge in [-0.25, -0.2) is 13.6 Å². The highest BCUT2D eigenvalue weighted by Gasteiger charge is 2.38. The summed E-state index contributed by atoms with van der Waals surface area (Å²) in [5.41, 5.74) is -0.399. The highest BCUT2D eigenvalue weighted by atomic mass is 79.9. The van der Waals surface area contributed by atoms with Gasteiger partial charge in [0.1, 0.15) is 0 Å². The third-order valence-corrected chi connectivity index (χ3v) is 3.94. The Morgan fingerprint density at radius 1 is 1.33 bits per heavy atom. The van der Waals surface area contributed by atoms with Crippen molar-refractivity contribution in [1.29, 1.82) is 0 Å². The average molecular weight is 316 g/mol. The van der Waals surface area contributed by atoms with Crippen LogP contribution in [0.25, 0.3) is 0 Å². The fourth-order valence-corrected chi connectivity index (χ4v) is 2.97. The van der Waals surface area contributed by atoms with E-state index in [1.807, 2.05) is 0 Å². The minimum Gasteiger partial charge on any atom is -0.211 e. The molecule has 0 amide bonds. The van der Waals surface area contributed by atoms with Crippen LogP contribution in [0.3, 0.4) is 0 Å². The summed E-state index contributed by atoms with van der Waals surface area (Å²) in [6.45, 7) is 0. The molecule has 1 aromatic rings. The maximum atomic E-state index is 13.1. The van der Waals surface area contributed by atoms with Crippen LogP contribution in [0.4, 0.5) is 8.78 Å². The molecule has 0 N–H and O–H groups in total. The third-order valence-electron chi connectivity index (χ3n) is 3.44. The van der Waals surface area contributed by atoms with E-state index in [0.29, 0.717) is 22.9 Å². The molecule has 0 atom stereocenters. The lowest BCUT2D eigenvalue weighted by Gasteiger charge is -2.25. The third kappa shape index (κ3) is 2.38. The molecular weight excluding hydrogens is 304 g/mol. The van der Waals surface area contributed by atoms with Crippen LogP contribution in [0, 0.1) is 0 Å². The van der Waals surface area contributed by atoms with Crippen LogP contribution in [0.2, 0.25) is 0 Å². The maximum absolute atomic E-state index is 13.1. The molecule has 2 rings (SSSR count). The van der Waals surface area contributed by atoms with Gasteiger partial charge in [0.25, 0.3) is 6.43 Å². The Morgan fingerprint density at radius 3 is 2.56 bits per heavy atom. The van der Waals surface area contributed by atoms with Crippen molar-refractivity contribution < 1.29 is 13.6 Å². The van der Waals surface area contributed by atoms with Gasteiger partial charge in [-0.2, -0.15) is 4.99 Å². The SMILES string of the molecule is O=C=NC1(c2cc(Br)ccc2C(F)F)CCCC1. The number of carbonyl (C=O) groups excluding carboxylic acids is 1. The van der Waals surface area contributed by atoms with Crippen LogP contribution in [0.15, 0.2) is 27.7 Å². The van der Waals surface area contributed by atoms with Crippen molar-refractivity contribution in [2.45, 2.75) is 37.6 Å². The number of hydrogen-bond acceptors (Lipinski definition) is 2. The number of isocyanates is 1. The van der Waals surface area contributed by atoms with E-state index in [4.69, 9.17) is 0 Å². The van der Waals surface area contributed by atoms with Gasteiger partial charge in [0.15, 0.2) is 0 Å². The van der Waals surface area contributed by atoms with E-state index < -0.39 is 12.0 Å². The molecule has 2 nitrogen and oxygen atoms in total. The van der Waals surface area contributed by atoms with Gasteiger partial charge in [-0.3, -0.25) is 0 Å². The lowest BCUT2D eigenvalue weighted by Crippen LogP contribution is -2.21. The summed E-state index contributed by atoms with van der Waals surface area (Å²) < 4.78 is 26.9. The monoisotopic (exact) mass is 315 g/mol. The number of nitrogens with zero attached hydrogens (tertiary/aromatic N) is 1. The average Bonchev–Trinajstić information content (AvgIpc) is 2.79. The first kappa shape index (κ1) is 13.4. The van der Waals surface area contributed by atoms with Crippen molar-refractivity contribution in [3.8, 4) is 0 Å². The first-order valence-corrected chi connectivity index (χ1v) is 6.55. The van der Waals surface area contributed by atoms with Gasteiger partial charge in [-0.1, -0.05) is 34.8 Å². The van der Waals surface area contributed by atoms with Gasteiger partial charge in [0.2, 0.25) is 6.08 Å². The van der Waals surface area contributed by atoms with E-state index in [-0.39, 0.29) is 5.56 Å². The van der Waals surface area contributed by atoms with Gasteiger partial charge in [-0.05, 0) is 30.5 Å². The molecule has 0 heterocycles. The number of alkyl halides is 2. The van der Waals surface area contributed by atoms with Crippen molar-refractivity contribution in [3.05, 3.63) is 33.8 Å². The predicted octanol–water partition coefficient (Wildman–Crippen LogP) is 4.49. The molecule has 0 radical (unpaired) electrons. The second-order valence-corrected chi connectivity index (χ2v) is 5.39. The van der Waals surface area contributed by atoms with Crippen molar-refractivity contribution in [2.24, 2.45) is 4.99 Å². The van der Waals surface area contributed by atoms with Gasteiger partial charge in [0, 0.05) is 10.0 Å². The van der Waals surface area contributed by atoms with E-state index in [1.165, 1.54) is 6.07 Å². The molecule has 1 fully saturated rings. The van der Waals surface area contributed by atoms with Crippen molar-refractivity contribution >= 4 is 22.0 Å². The molecule has 0 spiro atoms. The first-order chi connectivity index (χ1) is 8.59. The molecule has 1 aliphatic carbocycles. The van der Waals surface area contributed by atoms with Crippen LogP contribution < -0.4 is 0 Å². The van der Waals surface area contributed by atoms with Crippen LogP contribution in [-0.4, -0.2) is 6.08 Å². The van der Waals surface area contributed by atoms with E-state index in [9.17, 15) is 13.6 Å². The van der Waals surface area contributed by atoms with E-state index in [2.05, 4.69) is 20.9 Å². The molecule has 96 valence electrons. The summed E-state index contributed by atoms with van der Waals surface area (Å²) in [5, 5.41) is 0. The molecule has 0 bridgehead atoms. The molecule has 1 aromatic carbocycles. The highest BCUT2D eigenvalue weighted by Crippen LogP contribution is 2.45. The van der Waals surface area contributed by atoms with E-state index >= 15 is 0 Å². The van der Waals surface area contributed by atoms with Crippen molar-refractivity contribution in [2.75, 3.05) is 0 Å². The zero-order chi connectivity index (χ0) is 13.2. The Kier molecular flexibility index (Phi) is 3.93. The lowest BCUT2D eigenvalue weighted by atomic mass is 9.85. The molecule has 0 unspecified atom stereocenters. The normalized spacial score (nSPS) is 17.8. The Hall–Kier alpha value is -1.06. The minimum absolute atomic E-state index is 0.0425. The smallest absolute Gasteiger partial charge is 0.211 e. The predicted molar refractivity (Wildman–Crippen MR) is 67.4 cm³/mol. The number of hydrogen-bond donors (Lipinski definition) is 0. The fourth-order valence-electron chi connectivity index (χ4n) is 2.61. The van der Waals surface area contributed by atoms with E-state index in [0.717, 1.165) is 12.8 Å². The quantitative estimate of drug-likeness (QED) is 0.597. The van der Waals surface area contributed by atoms with Crippen molar-refractivity contribution in [3.63, 3.8) is 0 Å². The number of halogens is 3. The van der Waals surface area contributed by atoms with Gasteiger partial charge in [-0.15, -0.1) is 0 Å². The minimum atomic E-state index is -2.56. The van der Waals surface area contributed by atoms with Crippen LogP contribution in [0.5, 0.6) is 0 Å². The molecule has 18 heavy (non-hydrogen) atoms. The summed E-state index contributed by atoms with van der Waals surface area (Å²) in [7, 11) is 0. The van der Waals surface area contributed by atoms with Crippen LogP contribution in [0.1, 0.15) is 43.2 Å². The van der Waals surface area contributed by atoms with Crippen molar-refractivity contribution in [1.82, 2.24) is 0 Å². The molecule has 0 saturated heterocycles. The second kappa shape index (κ2) is 5.29. The summed E-state index contributed by atoms with van der Waals surface area (Å²) in [6, 6.07) is 4.62. The summed E-state index contributed by atoms with van der Waals surface area (Å²) >= 11 is 3.28. The summed E-state index contributed by atoms with van der Waals surface area (Å²) in [6.07, 6.45) is 2.01. The Bertz CT molecular complexity index is 492. The largest absolute Gasteiger partial charge is 0.264 e. The second-order valence-electron chi connectivity index (χ2n) is 4.47. The Labute approximate surface area is 112 Å². The Balaban J connectivity index is 2.59. The topological polar surface area (TPSA) is 29.4 Å². The zero-order valence-corrected chi connectivity index (χ0v) is 11.2. The zero-order valence-electron chi connectivity index (χ0n) is 9.63. The molecular formula is C13H12BrF2NO. The lowest BCUT2D eigenvalue weighted by molar-refractivity contribution is 0.148. The maximum Gasteiger partial charge on any atom is 0.264 e. The van der Waals surface area contributed by atoms with Gasteiger partial charge in [0.05, 0.1) is 5.54 Å². The highest BCUT2D eigenvalue weighted by molar-refractivity contribution is 9.10. The first-order valence-electron chi connectivity index (χ1n) is 5.76. The molecule has 1 saturated carbocycles. The molecule has 0 aliphatic heterocycles. The number of aliphatic imine (C=N–C) groups is 1. The summed E-state index contributed by atoms with van der Waals surface area (Å²) in [4.78, 5) is 14.5. The standard InChI is InChI=1S/C13H12BrF2NO/c14-9-3-4-10(12(15)16)11(7-9)13(17-8-18)5-1-2-6-13/h3-4,7,12H,1-2,5-6H2. The Morgan fingerprint density at radius 2 is 2.00 bits per heavy atom. The fraction of sp³-hybridized carbons (Fsp3) is 0.462. The summed E-state index contributed by atoms with van der Waals surface area (Å²) in [5.74, 6) is 0. The molecule has 0 aromatic heterocycles. The van der Waals surface area contributed by atoms with Gasteiger partial charge >= 0.3 is 0 Å².